The van der Waals surface area contributed by atoms with Crippen LogP contribution in [0.2, 0.25) is 0 Å². The highest BCUT2D eigenvalue weighted by atomic mass is 32.2. The lowest BCUT2D eigenvalue weighted by atomic mass is 10.2. The van der Waals surface area contributed by atoms with Gasteiger partial charge in [0.1, 0.15) is 6.54 Å². The lowest BCUT2D eigenvalue weighted by molar-refractivity contribution is -0.137. The maximum absolute atomic E-state index is 11.9. The van der Waals surface area contributed by atoms with Crippen LogP contribution >= 0.6 is 0 Å². The van der Waals surface area contributed by atoms with Crippen molar-refractivity contribution < 1.29 is 18.3 Å². The first-order valence-electron chi connectivity index (χ1n) is 5.42. The molecule has 6 heteroatoms. The Labute approximate surface area is 97.5 Å². The monoisotopic (exact) mass is 251 g/mol. The molecule has 0 amide bonds. The molecule has 0 aromatic carbocycles. The van der Waals surface area contributed by atoms with Crippen molar-refractivity contribution in [2.75, 3.05) is 12.3 Å². The standard InChI is InChI=1S/C10H21NO4S/c1-5-9(4)11(6-10(12)13)16(14,15)7-8(2)3/h8-9H,5-7H2,1-4H3,(H,12,13). The van der Waals surface area contributed by atoms with Crippen molar-refractivity contribution >= 4 is 16.0 Å². The number of aliphatic carboxylic acids is 1. The summed E-state index contributed by atoms with van der Waals surface area (Å²) in [5, 5.41) is 8.72. The number of carbonyl (C=O) groups is 1. The Bertz CT molecular complexity index is 324. The van der Waals surface area contributed by atoms with E-state index in [-0.39, 0.29) is 17.7 Å². The van der Waals surface area contributed by atoms with Gasteiger partial charge in [0, 0.05) is 6.04 Å². The van der Waals surface area contributed by atoms with Gasteiger partial charge >= 0.3 is 5.97 Å². The average molecular weight is 251 g/mol. The van der Waals surface area contributed by atoms with E-state index in [1.54, 1.807) is 20.8 Å². The summed E-state index contributed by atoms with van der Waals surface area (Å²) in [6.07, 6.45) is 0.602. The number of sulfonamides is 1. The van der Waals surface area contributed by atoms with Crippen LogP contribution in [-0.2, 0) is 14.8 Å². The Morgan fingerprint density at radius 1 is 1.31 bits per heavy atom. The molecule has 0 aliphatic heterocycles. The van der Waals surface area contributed by atoms with E-state index in [1.165, 1.54) is 0 Å². The van der Waals surface area contributed by atoms with E-state index >= 15 is 0 Å². The minimum Gasteiger partial charge on any atom is -0.480 e. The van der Waals surface area contributed by atoms with Crippen LogP contribution in [-0.4, -0.2) is 42.1 Å². The van der Waals surface area contributed by atoms with E-state index in [1.807, 2.05) is 6.92 Å². The fourth-order valence-corrected chi connectivity index (χ4v) is 3.42. The molecule has 0 aliphatic rings. The zero-order chi connectivity index (χ0) is 12.9. The van der Waals surface area contributed by atoms with Gasteiger partial charge in [0.2, 0.25) is 10.0 Å². The highest BCUT2D eigenvalue weighted by Gasteiger charge is 2.28. The van der Waals surface area contributed by atoms with Crippen molar-refractivity contribution in [3.63, 3.8) is 0 Å². The molecule has 1 unspecified atom stereocenters. The summed E-state index contributed by atoms with van der Waals surface area (Å²) in [7, 11) is -3.48. The zero-order valence-electron chi connectivity index (χ0n) is 10.3. The Balaban J connectivity index is 4.94. The lowest BCUT2D eigenvalue weighted by Gasteiger charge is -2.26. The minimum absolute atomic E-state index is 0.00893. The van der Waals surface area contributed by atoms with Gasteiger partial charge in [-0.05, 0) is 19.3 Å². The van der Waals surface area contributed by atoms with Crippen LogP contribution in [0.3, 0.4) is 0 Å². The fourth-order valence-electron chi connectivity index (χ4n) is 1.38. The molecule has 16 heavy (non-hydrogen) atoms. The summed E-state index contributed by atoms with van der Waals surface area (Å²) in [4.78, 5) is 10.7. The second kappa shape index (κ2) is 6.20. The average Bonchev–Trinajstić information content (AvgIpc) is 2.10. The molecule has 0 aromatic heterocycles. The molecule has 1 atom stereocenters. The van der Waals surface area contributed by atoms with Crippen LogP contribution in [0.4, 0.5) is 0 Å². The molecule has 0 fully saturated rings. The zero-order valence-corrected chi connectivity index (χ0v) is 11.1. The number of hydrogen-bond donors (Lipinski definition) is 1. The van der Waals surface area contributed by atoms with Crippen LogP contribution in [0.15, 0.2) is 0 Å². The molecule has 5 nitrogen and oxygen atoms in total. The van der Waals surface area contributed by atoms with Gasteiger partial charge in [0.05, 0.1) is 5.75 Å². The molecular weight excluding hydrogens is 230 g/mol. The van der Waals surface area contributed by atoms with Gasteiger partial charge in [-0.1, -0.05) is 20.8 Å². The Morgan fingerprint density at radius 3 is 2.12 bits per heavy atom. The normalized spacial score (nSPS) is 14.4. The SMILES string of the molecule is CCC(C)N(CC(=O)O)S(=O)(=O)CC(C)C. The third-order valence-corrected chi connectivity index (χ3v) is 4.57. The molecule has 0 heterocycles. The molecule has 0 radical (unpaired) electrons. The molecule has 0 rings (SSSR count). The van der Waals surface area contributed by atoms with Gasteiger partial charge < -0.3 is 5.11 Å². The summed E-state index contributed by atoms with van der Waals surface area (Å²) in [5.41, 5.74) is 0. The number of nitrogens with zero attached hydrogens (tertiary/aromatic N) is 1. The summed E-state index contributed by atoms with van der Waals surface area (Å²) in [6.45, 7) is 6.70. The van der Waals surface area contributed by atoms with Gasteiger partial charge in [-0.15, -0.1) is 0 Å². The number of rotatable bonds is 7. The third kappa shape index (κ3) is 4.94. The predicted molar refractivity (Wildman–Crippen MR) is 62.7 cm³/mol. The molecule has 0 bridgehead atoms. The number of carboxylic acids is 1. The number of hydrogen-bond acceptors (Lipinski definition) is 3. The first-order chi connectivity index (χ1) is 7.20. The maximum atomic E-state index is 11.9. The van der Waals surface area contributed by atoms with Gasteiger partial charge in [-0.2, -0.15) is 4.31 Å². The van der Waals surface area contributed by atoms with Crippen LogP contribution in [0.5, 0.6) is 0 Å². The first-order valence-corrected chi connectivity index (χ1v) is 7.03. The second-order valence-corrected chi connectivity index (χ2v) is 6.33. The van der Waals surface area contributed by atoms with Gasteiger partial charge in [-0.25, -0.2) is 8.42 Å². The molecule has 0 spiro atoms. The van der Waals surface area contributed by atoms with Crippen molar-refractivity contribution in [3.8, 4) is 0 Å². The quantitative estimate of drug-likeness (QED) is 0.736. The van der Waals surface area contributed by atoms with Crippen LogP contribution in [0.25, 0.3) is 0 Å². The van der Waals surface area contributed by atoms with Gasteiger partial charge in [0.15, 0.2) is 0 Å². The molecular formula is C10H21NO4S. The van der Waals surface area contributed by atoms with E-state index in [4.69, 9.17) is 5.11 Å². The van der Waals surface area contributed by atoms with E-state index in [2.05, 4.69) is 0 Å². The topological polar surface area (TPSA) is 74.7 Å². The largest absolute Gasteiger partial charge is 0.480 e. The van der Waals surface area contributed by atoms with E-state index in [0.717, 1.165) is 4.31 Å². The molecule has 0 aliphatic carbocycles. The van der Waals surface area contributed by atoms with Gasteiger partial charge in [-0.3, -0.25) is 4.79 Å². The van der Waals surface area contributed by atoms with Crippen molar-refractivity contribution in [1.82, 2.24) is 4.31 Å². The van der Waals surface area contributed by atoms with Crippen molar-refractivity contribution in [2.45, 2.75) is 40.2 Å². The van der Waals surface area contributed by atoms with E-state index in [9.17, 15) is 13.2 Å². The number of carboxylic acid groups (broad SMARTS) is 1. The Kier molecular flexibility index (Phi) is 5.96. The molecule has 1 N–H and O–H groups in total. The highest BCUT2D eigenvalue weighted by Crippen LogP contribution is 2.13. The Morgan fingerprint density at radius 2 is 1.81 bits per heavy atom. The van der Waals surface area contributed by atoms with E-state index < -0.39 is 22.5 Å². The third-order valence-electron chi connectivity index (χ3n) is 2.27. The van der Waals surface area contributed by atoms with Crippen molar-refractivity contribution in [3.05, 3.63) is 0 Å². The smallest absolute Gasteiger partial charge is 0.318 e. The molecule has 96 valence electrons. The van der Waals surface area contributed by atoms with Gasteiger partial charge in [0.25, 0.3) is 0 Å². The predicted octanol–water partition coefficient (Wildman–Crippen LogP) is 1.16. The molecule has 0 saturated heterocycles. The fraction of sp³-hybridized carbons (Fsp3) is 0.900. The van der Waals surface area contributed by atoms with Crippen LogP contribution in [0.1, 0.15) is 34.1 Å². The highest BCUT2D eigenvalue weighted by molar-refractivity contribution is 7.89. The maximum Gasteiger partial charge on any atom is 0.318 e. The van der Waals surface area contributed by atoms with Crippen molar-refractivity contribution in [1.29, 1.82) is 0 Å². The van der Waals surface area contributed by atoms with Crippen LogP contribution in [0, 0.1) is 5.92 Å². The summed E-state index contributed by atoms with van der Waals surface area (Å²) < 4.78 is 25.0. The first kappa shape index (κ1) is 15.4. The minimum atomic E-state index is -3.48. The second-order valence-electron chi connectivity index (χ2n) is 4.37. The Hall–Kier alpha value is -0.620. The molecule has 0 saturated carbocycles. The van der Waals surface area contributed by atoms with Crippen molar-refractivity contribution in [2.24, 2.45) is 5.92 Å². The lowest BCUT2D eigenvalue weighted by Crippen LogP contribution is -2.43. The van der Waals surface area contributed by atoms with E-state index in [0.29, 0.717) is 6.42 Å². The van der Waals surface area contributed by atoms with Crippen LogP contribution < -0.4 is 0 Å². The molecule has 0 aromatic rings. The summed E-state index contributed by atoms with van der Waals surface area (Å²) in [5.74, 6) is -1.14. The summed E-state index contributed by atoms with van der Waals surface area (Å²) >= 11 is 0. The summed E-state index contributed by atoms with van der Waals surface area (Å²) in [6, 6.07) is -0.278.